The smallest absolute Gasteiger partial charge is 0.0639 e. The number of aliphatic imine (C=N–C) groups is 1. The highest BCUT2D eigenvalue weighted by atomic mass is 14.7. The van der Waals surface area contributed by atoms with Crippen LogP contribution in [0.1, 0.15) is 76.8 Å². The highest BCUT2D eigenvalue weighted by Crippen LogP contribution is 2.39. The number of allylic oxidation sites excluding steroid dienone is 1. The lowest BCUT2D eigenvalue weighted by molar-refractivity contribution is 0.608. The predicted octanol–water partition coefficient (Wildman–Crippen LogP) is 14.8. The Bertz CT molecular complexity index is 2040. The van der Waals surface area contributed by atoms with Crippen LogP contribution < -0.4 is 0 Å². The minimum Gasteiger partial charge on any atom is -0.253 e. The number of hydrogen-bond acceptors (Lipinski definition) is 1. The molecular formula is C50H51N. The van der Waals surface area contributed by atoms with Crippen molar-refractivity contribution in [2.24, 2.45) is 4.99 Å². The molecule has 0 heterocycles. The van der Waals surface area contributed by atoms with E-state index in [1.807, 2.05) is 0 Å². The highest BCUT2D eigenvalue weighted by Gasteiger charge is 2.15. The minimum absolute atomic E-state index is 0.849. The molecule has 0 aromatic heterocycles. The summed E-state index contributed by atoms with van der Waals surface area (Å²) in [7, 11) is 0. The maximum atomic E-state index is 5.30. The number of rotatable bonds is 15. The lowest BCUT2D eigenvalue weighted by Gasteiger charge is -2.18. The van der Waals surface area contributed by atoms with Crippen molar-refractivity contribution in [3.8, 4) is 44.5 Å². The summed E-state index contributed by atoms with van der Waals surface area (Å²) in [6.07, 6.45) is 12.0. The van der Waals surface area contributed by atoms with Gasteiger partial charge in [-0.2, -0.15) is 0 Å². The molecule has 51 heavy (non-hydrogen) atoms. The molecule has 0 N–H and O–H groups in total. The third-order valence-electron chi connectivity index (χ3n) is 9.80. The van der Waals surface area contributed by atoms with Crippen LogP contribution >= 0.6 is 0 Å². The van der Waals surface area contributed by atoms with E-state index in [9.17, 15) is 0 Å². The van der Waals surface area contributed by atoms with Crippen molar-refractivity contribution < 1.29 is 0 Å². The van der Waals surface area contributed by atoms with Crippen LogP contribution in [-0.2, 0) is 6.42 Å². The Labute approximate surface area is 306 Å². The Morgan fingerprint density at radius 1 is 0.510 bits per heavy atom. The lowest BCUT2D eigenvalue weighted by Crippen LogP contribution is -2.00. The molecule has 1 heteroatoms. The first-order valence-electron chi connectivity index (χ1n) is 18.9. The average molecular weight is 666 g/mol. The third kappa shape index (κ3) is 9.30. The molecule has 6 rings (SSSR count). The zero-order chi connectivity index (χ0) is 35.3. The van der Waals surface area contributed by atoms with Gasteiger partial charge in [-0.1, -0.05) is 185 Å². The largest absolute Gasteiger partial charge is 0.253 e. The number of hydrogen-bond donors (Lipinski definition) is 0. The number of benzene rings is 6. The molecule has 0 saturated heterocycles. The summed E-state index contributed by atoms with van der Waals surface area (Å²) in [6, 6.07) is 54.7. The minimum atomic E-state index is 0.849. The van der Waals surface area contributed by atoms with Crippen LogP contribution in [-0.4, -0.2) is 5.71 Å². The fourth-order valence-electron chi connectivity index (χ4n) is 7.16. The van der Waals surface area contributed by atoms with Gasteiger partial charge in [0.2, 0.25) is 0 Å². The summed E-state index contributed by atoms with van der Waals surface area (Å²) in [5.41, 5.74) is 16.0. The molecular weight excluding hydrogens is 615 g/mol. The summed E-state index contributed by atoms with van der Waals surface area (Å²) in [5.74, 6) is 0. The molecule has 0 fully saturated rings. The summed E-state index contributed by atoms with van der Waals surface area (Å²) in [6.45, 7) is 6.72. The Kier molecular flexibility index (Phi) is 12.6. The van der Waals surface area contributed by atoms with Crippen LogP contribution in [0.25, 0.3) is 50.6 Å². The first-order chi connectivity index (χ1) is 25.1. The molecule has 0 amide bonds. The van der Waals surface area contributed by atoms with E-state index in [-0.39, 0.29) is 0 Å². The van der Waals surface area contributed by atoms with Gasteiger partial charge < -0.3 is 0 Å². The second-order valence-electron chi connectivity index (χ2n) is 13.6. The van der Waals surface area contributed by atoms with E-state index in [2.05, 4.69) is 179 Å². The Morgan fingerprint density at radius 2 is 1.04 bits per heavy atom. The second-order valence-corrected chi connectivity index (χ2v) is 13.6. The average Bonchev–Trinajstić information content (AvgIpc) is 3.19. The van der Waals surface area contributed by atoms with Gasteiger partial charge in [0, 0.05) is 5.71 Å². The fourth-order valence-corrected chi connectivity index (χ4v) is 7.16. The normalized spacial score (nSPS) is 11.9. The van der Waals surface area contributed by atoms with Gasteiger partial charge in [-0.15, -0.1) is 0 Å². The molecule has 6 aromatic carbocycles. The Hall–Kier alpha value is -5.27. The van der Waals surface area contributed by atoms with E-state index in [0.29, 0.717) is 0 Å². The third-order valence-corrected chi connectivity index (χ3v) is 9.80. The molecule has 0 radical (unpaired) electrons. The van der Waals surface area contributed by atoms with E-state index >= 15 is 0 Å². The topological polar surface area (TPSA) is 12.4 Å². The van der Waals surface area contributed by atoms with Gasteiger partial charge in [0.25, 0.3) is 0 Å². The summed E-state index contributed by atoms with van der Waals surface area (Å²) >= 11 is 0. The van der Waals surface area contributed by atoms with Crippen LogP contribution in [0.2, 0.25) is 0 Å². The second kappa shape index (κ2) is 18.1. The molecule has 0 unspecified atom stereocenters. The van der Waals surface area contributed by atoms with Crippen molar-refractivity contribution >= 4 is 17.5 Å². The molecule has 0 aliphatic rings. The SMILES string of the molecule is CCCCCCCCc1cc(C=C(C)C(CC)=Nc2ccc(-c3ccccc3)c(-c3ccccc3)c2)cc(-c2ccccc2)c1-c1ccccc1. The number of aryl methyl sites for hydroxylation is 1. The Balaban J connectivity index is 1.40. The maximum Gasteiger partial charge on any atom is 0.0639 e. The van der Waals surface area contributed by atoms with Gasteiger partial charge in [0.15, 0.2) is 0 Å². The standard InChI is InChI=1S/C50H51N/c1-4-6-7-8-9-14-31-44-35-39(36-48(42-27-19-12-20-28-42)50(44)43-29-21-13-22-30-43)34-38(3)49(5-2)51-45-32-33-46(40-23-15-10-16-24-40)47(37-45)41-25-17-11-18-26-41/h10-13,15-30,32-37H,4-9,14,31H2,1-3H3. The summed E-state index contributed by atoms with van der Waals surface area (Å²) in [4.78, 5) is 5.30. The lowest BCUT2D eigenvalue weighted by atomic mass is 9.86. The zero-order valence-corrected chi connectivity index (χ0v) is 30.6. The molecule has 0 aliphatic heterocycles. The van der Waals surface area contributed by atoms with Crippen LogP contribution in [0.15, 0.2) is 162 Å². The van der Waals surface area contributed by atoms with Gasteiger partial charge in [-0.25, -0.2) is 0 Å². The number of unbranched alkanes of at least 4 members (excludes halogenated alkanes) is 5. The van der Waals surface area contributed by atoms with Crippen molar-refractivity contribution in [2.75, 3.05) is 0 Å². The zero-order valence-electron chi connectivity index (χ0n) is 30.6. The van der Waals surface area contributed by atoms with Gasteiger partial charge in [-0.3, -0.25) is 4.99 Å². The van der Waals surface area contributed by atoms with E-state index in [4.69, 9.17) is 4.99 Å². The van der Waals surface area contributed by atoms with Crippen molar-refractivity contribution in [1.82, 2.24) is 0 Å². The maximum absolute atomic E-state index is 5.30. The molecule has 0 aliphatic carbocycles. The molecule has 6 aromatic rings. The van der Waals surface area contributed by atoms with Crippen LogP contribution in [0.3, 0.4) is 0 Å². The van der Waals surface area contributed by atoms with Crippen molar-refractivity contribution in [3.63, 3.8) is 0 Å². The van der Waals surface area contributed by atoms with Gasteiger partial charge in [0.1, 0.15) is 0 Å². The predicted molar refractivity (Wildman–Crippen MR) is 223 cm³/mol. The monoisotopic (exact) mass is 665 g/mol. The highest BCUT2D eigenvalue weighted by molar-refractivity contribution is 6.05. The molecule has 0 bridgehead atoms. The van der Waals surface area contributed by atoms with Crippen LogP contribution in [0.5, 0.6) is 0 Å². The molecule has 0 spiro atoms. The van der Waals surface area contributed by atoms with E-state index < -0.39 is 0 Å². The van der Waals surface area contributed by atoms with Gasteiger partial charge >= 0.3 is 0 Å². The fraction of sp³-hybridized carbons (Fsp3) is 0.220. The van der Waals surface area contributed by atoms with Crippen LogP contribution in [0.4, 0.5) is 5.69 Å². The molecule has 256 valence electrons. The molecule has 1 nitrogen and oxygen atoms in total. The summed E-state index contributed by atoms with van der Waals surface area (Å²) < 4.78 is 0. The first kappa shape index (κ1) is 35.6. The Morgan fingerprint density at radius 3 is 1.63 bits per heavy atom. The quantitative estimate of drug-likeness (QED) is 0.0764. The van der Waals surface area contributed by atoms with Gasteiger partial charge in [0.05, 0.1) is 5.69 Å². The first-order valence-corrected chi connectivity index (χ1v) is 18.9. The van der Waals surface area contributed by atoms with E-state index in [1.54, 1.807) is 0 Å². The number of nitrogens with zero attached hydrogens (tertiary/aromatic N) is 1. The molecule has 0 saturated carbocycles. The molecule has 0 atom stereocenters. The summed E-state index contributed by atoms with van der Waals surface area (Å²) in [5, 5.41) is 0. The van der Waals surface area contributed by atoms with Crippen molar-refractivity contribution in [2.45, 2.75) is 72.1 Å². The van der Waals surface area contributed by atoms with Gasteiger partial charge in [-0.05, 0) is 106 Å². The van der Waals surface area contributed by atoms with E-state index in [1.165, 1.54) is 99.7 Å². The van der Waals surface area contributed by atoms with Crippen LogP contribution in [0, 0.1) is 0 Å². The van der Waals surface area contributed by atoms with E-state index in [0.717, 1.165) is 24.2 Å². The van der Waals surface area contributed by atoms with Crippen molar-refractivity contribution in [1.29, 1.82) is 0 Å². The van der Waals surface area contributed by atoms with Crippen molar-refractivity contribution in [3.05, 3.63) is 168 Å².